The highest BCUT2D eigenvalue weighted by molar-refractivity contribution is 9.10. The van der Waals surface area contributed by atoms with Crippen molar-refractivity contribution in [3.63, 3.8) is 0 Å². The molecule has 0 bridgehead atoms. The Morgan fingerprint density at radius 1 is 1.07 bits per heavy atom. The molecule has 1 aliphatic rings. The Bertz CT molecular complexity index is 975. The lowest BCUT2D eigenvalue weighted by atomic mass is 10.1. The Balaban J connectivity index is 1.56. The number of hydrogen-bond acceptors (Lipinski definition) is 4. The lowest BCUT2D eigenvalue weighted by Gasteiger charge is -2.18. The highest BCUT2D eigenvalue weighted by atomic mass is 79.9. The van der Waals surface area contributed by atoms with E-state index in [1.165, 1.54) is 0 Å². The number of ether oxygens (including phenoxy) is 1. The van der Waals surface area contributed by atoms with E-state index >= 15 is 0 Å². The van der Waals surface area contributed by atoms with Gasteiger partial charge in [0.15, 0.2) is 6.61 Å². The van der Waals surface area contributed by atoms with E-state index < -0.39 is 17.8 Å². The predicted molar refractivity (Wildman–Crippen MR) is 120 cm³/mol. The Kier molecular flexibility index (Phi) is 6.61. The summed E-state index contributed by atoms with van der Waals surface area (Å²) in [7, 11) is 0. The molecule has 6 nitrogen and oxygen atoms in total. The number of aryl methyl sites for hydroxylation is 4. The normalized spacial score (nSPS) is 16.0. The number of halogens is 1. The van der Waals surface area contributed by atoms with E-state index in [4.69, 9.17) is 4.74 Å². The third kappa shape index (κ3) is 5.08. The zero-order valence-corrected chi connectivity index (χ0v) is 19.1. The van der Waals surface area contributed by atoms with Crippen molar-refractivity contribution in [2.24, 2.45) is 5.92 Å². The fourth-order valence-electron chi connectivity index (χ4n) is 3.69. The second-order valence-corrected chi connectivity index (χ2v) is 8.62. The highest BCUT2D eigenvalue weighted by Crippen LogP contribution is 2.28. The molecule has 0 aromatic heterocycles. The molecule has 3 rings (SSSR count). The first kappa shape index (κ1) is 22.0. The summed E-state index contributed by atoms with van der Waals surface area (Å²) >= 11 is 3.49. The number of anilines is 2. The fourth-order valence-corrected chi connectivity index (χ4v) is 3.92. The average molecular weight is 473 g/mol. The van der Waals surface area contributed by atoms with E-state index in [0.29, 0.717) is 5.69 Å². The van der Waals surface area contributed by atoms with Gasteiger partial charge in [-0.25, -0.2) is 0 Å². The molecular formula is C23H25BrN2O4. The third-order valence-electron chi connectivity index (χ3n) is 5.04. The predicted octanol–water partition coefficient (Wildman–Crippen LogP) is 4.22. The van der Waals surface area contributed by atoms with Crippen LogP contribution in [0.4, 0.5) is 11.4 Å². The molecule has 158 valence electrons. The second kappa shape index (κ2) is 9.00. The Morgan fingerprint density at radius 2 is 1.67 bits per heavy atom. The van der Waals surface area contributed by atoms with Crippen LogP contribution in [-0.4, -0.2) is 30.9 Å². The molecular weight excluding hydrogens is 448 g/mol. The molecule has 30 heavy (non-hydrogen) atoms. The highest BCUT2D eigenvalue weighted by Gasteiger charge is 2.36. The Morgan fingerprint density at radius 3 is 2.27 bits per heavy atom. The van der Waals surface area contributed by atoms with Gasteiger partial charge in [0.2, 0.25) is 5.91 Å². The Hall–Kier alpha value is -2.67. The molecule has 1 aliphatic heterocycles. The number of carbonyl (C=O) groups is 3. The number of benzene rings is 2. The van der Waals surface area contributed by atoms with Crippen LogP contribution in [0.25, 0.3) is 0 Å². The van der Waals surface area contributed by atoms with Gasteiger partial charge >= 0.3 is 5.97 Å². The van der Waals surface area contributed by atoms with Gasteiger partial charge in [0.1, 0.15) is 0 Å². The van der Waals surface area contributed by atoms with Gasteiger partial charge in [0, 0.05) is 28.8 Å². The fraction of sp³-hybridized carbons (Fsp3) is 0.348. The van der Waals surface area contributed by atoms with Crippen LogP contribution in [0, 0.1) is 33.6 Å². The van der Waals surface area contributed by atoms with Crippen LogP contribution in [0.1, 0.15) is 28.7 Å². The van der Waals surface area contributed by atoms with Crippen LogP contribution >= 0.6 is 15.9 Å². The number of carbonyl (C=O) groups excluding carboxylic acids is 3. The number of rotatable bonds is 5. The first-order valence-corrected chi connectivity index (χ1v) is 10.5. The summed E-state index contributed by atoms with van der Waals surface area (Å²) in [5, 5.41) is 2.74. The van der Waals surface area contributed by atoms with E-state index in [-0.39, 0.29) is 25.5 Å². The monoisotopic (exact) mass is 472 g/mol. The quantitative estimate of drug-likeness (QED) is 0.660. The molecule has 0 saturated carbocycles. The van der Waals surface area contributed by atoms with Crippen molar-refractivity contribution < 1.29 is 19.1 Å². The van der Waals surface area contributed by atoms with Gasteiger partial charge < -0.3 is 15.0 Å². The third-order valence-corrected chi connectivity index (χ3v) is 6.29. The SMILES string of the molecule is Cc1cc(C)cc(N2C[C@@H](C(=O)OCC(=O)Nc3cc(C)c(Br)c(C)c3)CC2=O)c1. The maximum atomic E-state index is 12.4. The van der Waals surface area contributed by atoms with Crippen LogP contribution in [0.3, 0.4) is 0 Å². The summed E-state index contributed by atoms with van der Waals surface area (Å²) in [5.74, 6) is -1.65. The van der Waals surface area contributed by atoms with Crippen molar-refractivity contribution >= 4 is 45.1 Å². The molecule has 0 spiro atoms. The molecule has 1 atom stereocenters. The van der Waals surface area contributed by atoms with Gasteiger partial charge in [-0.2, -0.15) is 0 Å². The largest absolute Gasteiger partial charge is 0.455 e. The molecule has 1 N–H and O–H groups in total. The van der Waals surface area contributed by atoms with Crippen LogP contribution < -0.4 is 10.2 Å². The second-order valence-electron chi connectivity index (χ2n) is 7.83. The minimum absolute atomic E-state index is 0.0819. The average Bonchev–Trinajstić information content (AvgIpc) is 3.05. The number of amides is 2. The van der Waals surface area contributed by atoms with E-state index in [1.807, 2.05) is 58.0 Å². The summed E-state index contributed by atoms with van der Waals surface area (Å²) in [6.07, 6.45) is 0.0819. The summed E-state index contributed by atoms with van der Waals surface area (Å²) in [5.41, 5.74) is 5.53. The summed E-state index contributed by atoms with van der Waals surface area (Å²) in [6, 6.07) is 9.56. The molecule has 1 saturated heterocycles. The van der Waals surface area contributed by atoms with Gasteiger partial charge in [-0.05, 0) is 74.2 Å². The maximum Gasteiger partial charge on any atom is 0.311 e. The lowest BCUT2D eigenvalue weighted by molar-refractivity contribution is -0.151. The van der Waals surface area contributed by atoms with Crippen LogP contribution in [0.5, 0.6) is 0 Å². The molecule has 1 heterocycles. The Labute approximate surface area is 184 Å². The minimum atomic E-state index is -0.580. The van der Waals surface area contributed by atoms with Crippen LogP contribution in [0.15, 0.2) is 34.8 Å². The van der Waals surface area contributed by atoms with Gasteiger partial charge in [0.05, 0.1) is 5.92 Å². The topological polar surface area (TPSA) is 75.7 Å². The van der Waals surface area contributed by atoms with Crippen molar-refractivity contribution in [3.8, 4) is 0 Å². The van der Waals surface area contributed by atoms with Crippen molar-refractivity contribution in [1.29, 1.82) is 0 Å². The van der Waals surface area contributed by atoms with Crippen molar-refractivity contribution in [3.05, 3.63) is 57.1 Å². The summed E-state index contributed by atoms with van der Waals surface area (Å²) < 4.78 is 6.18. The zero-order chi connectivity index (χ0) is 22.0. The van der Waals surface area contributed by atoms with Crippen molar-refractivity contribution in [2.45, 2.75) is 34.1 Å². The number of esters is 1. The molecule has 2 aromatic carbocycles. The summed E-state index contributed by atoms with van der Waals surface area (Å²) in [4.78, 5) is 38.6. The first-order chi connectivity index (χ1) is 14.1. The van der Waals surface area contributed by atoms with E-state index in [0.717, 1.165) is 32.4 Å². The van der Waals surface area contributed by atoms with Gasteiger partial charge in [-0.3, -0.25) is 14.4 Å². The van der Waals surface area contributed by atoms with E-state index in [9.17, 15) is 14.4 Å². The van der Waals surface area contributed by atoms with E-state index in [1.54, 1.807) is 4.90 Å². The molecule has 7 heteroatoms. The van der Waals surface area contributed by atoms with Gasteiger partial charge in [0.25, 0.3) is 5.91 Å². The standard InChI is InChI=1S/C23H25BrN2O4/c1-13-5-14(2)7-19(6-13)26-11-17(10-21(26)28)23(29)30-12-20(27)25-18-8-15(3)22(24)16(4)9-18/h5-9,17H,10-12H2,1-4H3,(H,25,27)/t17-/m0/s1. The molecule has 0 unspecified atom stereocenters. The molecule has 0 aliphatic carbocycles. The van der Waals surface area contributed by atoms with E-state index in [2.05, 4.69) is 21.2 Å². The number of nitrogens with one attached hydrogen (secondary N) is 1. The molecule has 0 radical (unpaired) electrons. The number of nitrogens with zero attached hydrogens (tertiary/aromatic N) is 1. The zero-order valence-electron chi connectivity index (χ0n) is 17.5. The smallest absolute Gasteiger partial charge is 0.311 e. The minimum Gasteiger partial charge on any atom is -0.455 e. The maximum absolute atomic E-state index is 12.4. The van der Waals surface area contributed by atoms with Crippen LogP contribution in [-0.2, 0) is 19.1 Å². The lowest BCUT2D eigenvalue weighted by Crippen LogP contribution is -2.28. The first-order valence-electron chi connectivity index (χ1n) is 9.76. The van der Waals surface area contributed by atoms with Gasteiger partial charge in [-0.15, -0.1) is 0 Å². The van der Waals surface area contributed by atoms with Gasteiger partial charge in [-0.1, -0.05) is 22.0 Å². The number of hydrogen-bond donors (Lipinski definition) is 1. The van der Waals surface area contributed by atoms with Crippen molar-refractivity contribution in [1.82, 2.24) is 0 Å². The van der Waals surface area contributed by atoms with Crippen molar-refractivity contribution in [2.75, 3.05) is 23.4 Å². The summed E-state index contributed by atoms with van der Waals surface area (Å²) in [6.45, 7) is 7.68. The molecule has 1 fully saturated rings. The van der Waals surface area contributed by atoms with Crippen LogP contribution in [0.2, 0.25) is 0 Å². The molecule has 2 aromatic rings. The molecule has 2 amide bonds.